The van der Waals surface area contributed by atoms with Gasteiger partial charge in [0.05, 0.1) is 6.21 Å². The van der Waals surface area contributed by atoms with Crippen molar-refractivity contribution in [1.82, 2.24) is 15.4 Å². The molecular weight excluding hydrogens is 252 g/mol. The Labute approximate surface area is 115 Å². The summed E-state index contributed by atoms with van der Waals surface area (Å²) in [4.78, 5) is 19.0. The molecule has 0 bridgehead atoms. The summed E-state index contributed by atoms with van der Waals surface area (Å²) in [7, 11) is 0. The molecule has 0 saturated heterocycles. The van der Waals surface area contributed by atoms with Crippen molar-refractivity contribution >= 4 is 23.2 Å². The molecule has 2 N–H and O–H groups in total. The van der Waals surface area contributed by atoms with Crippen LogP contribution in [-0.4, -0.2) is 22.1 Å². The third-order valence-corrected chi connectivity index (χ3v) is 2.89. The molecule has 0 aliphatic rings. The van der Waals surface area contributed by atoms with Gasteiger partial charge >= 0.3 is 0 Å². The number of nitrogens with one attached hydrogen (secondary N) is 2. The number of rotatable bonds is 3. The van der Waals surface area contributed by atoms with E-state index in [-0.39, 0.29) is 5.91 Å². The fraction of sp³-hybridized carbons (Fsp3) is 0. The monoisotopic (exact) mass is 264 g/mol. The summed E-state index contributed by atoms with van der Waals surface area (Å²) >= 11 is 0. The molecule has 0 radical (unpaired) electrons. The van der Waals surface area contributed by atoms with Crippen LogP contribution in [0.15, 0.2) is 60.0 Å². The maximum absolute atomic E-state index is 11.8. The lowest BCUT2D eigenvalue weighted by Crippen LogP contribution is -2.17. The van der Waals surface area contributed by atoms with Gasteiger partial charge in [-0.05, 0) is 24.3 Å². The fourth-order valence-electron chi connectivity index (χ4n) is 1.90. The van der Waals surface area contributed by atoms with Crippen LogP contribution in [0.25, 0.3) is 11.0 Å². The molecular formula is C15H12N4O. The molecule has 2 heterocycles. The first-order valence-electron chi connectivity index (χ1n) is 6.15. The van der Waals surface area contributed by atoms with Gasteiger partial charge < -0.3 is 4.98 Å². The van der Waals surface area contributed by atoms with Gasteiger partial charge in [-0.15, -0.1) is 0 Å². The van der Waals surface area contributed by atoms with Crippen LogP contribution in [0.2, 0.25) is 0 Å². The van der Waals surface area contributed by atoms with E-state index in [2.05, 4.69) is 20.5 Å². The zero-order chi connectivity index (χ0) is 13.8. The van der Waals surface area contributed by atoms with Gasteiger partial charge in [-0.1, -0.05) is 18.2 Å². The van der Waals surface area contributed by atoms with E-state index in [0.29, 0.717) is 5.56 Å². The number of hydrazone groups is 1. The van der Waals surface area contributed by atoms with Gasteiger partial charge in [-0.2, -0.15) is 5.10 Å². The Morgan fingerprint density at radius 3 is 2.90 bits per heavy atom. The molecule has 0 aliphatic heterocycles. The number of nitrogens with zero attached hydrogens (tertiary/aromatic N) is 2. The number of carbonyl (C=O) groups is 1. The van der Waals surface area contributed by atoms with Crippen LogP contribution >= 0.6 is 0 Å². The fourth-order valence-corrected chi connectivity index (χ4v) is 1.90. The number of carbonyl (C=O) groups excluding carboxylic acids is 1. The third kappa shape index (κ3) is 2.42. The minimum atomic E-state index is -0.236. The Morgan fingerprint density at radius 1 is 1.20 bits per heavy atom. The first kappa shape index (κ1) is 12.1. The molecule has 0 unspecified atom stereocenters. The lowest BCUT2D eigenvalue weighted by atomic mass is 10.2. The van der Waals surface area contributed by atoms with Crippen LogP contribution in [0.1, 0.15) is 15.9 Å². The highest BCUT2D eigenvalue weighted by molar-refractivity contribution is 5.99. The lowest BCUT2D eigenvalue weighted by molar-refractivity contribution is 0.0955. The molecule has 0 atom stereocenters. The van der Waals surface area contributed by atoms with E-state index in [0.717, 1.165) is 16.6 Å². The van der Waals surface area contributed by atoms with Gasteiger partial charge in [0, 0.05) is 28.9 Å². The smallest absolute Gasteiger partial charge is 0.271 e. The maximum Gasteiger partial charge on any atom is 0.271 e. The van der Waals surface area contributed by atoms with E-state index in [1.54, 1.807) is 30.7 Å². The molecule has 0 spiro atoms. The second kappa shape index (κ2) is 5.36. The highest BCUT2D eigenvalue weighted by Crippen LogP contribution is 2.13. The van der Waals surface area contributed by atoms with E-state index in [1.807, 2.05) is 30.3 Å². The van der Waals surface area contributed by atoms with Crippen molar-refractivity contribution in [2.75, 3.05) is 0 Å². The second-order valence-corrected chi connectivity index (χ2v) is 4.21. The van der Waals surface area contributed by atoms with E-state index in [9.17, 15) is 4.79 Å². The first-order valence-corrected chi connectivity index (χ1v) is 6.15. The summed E-state index contributed by atoms with van der Waals surface area (Å²) in [6.45, 7) is 0. The second-order valence-electron chi connectivity index (χ2n) is 4.21. The number of hydrogen-bond donors (Lipinski definition) is 2. The predicted molar refractivity (Wildman–Crippen MR) is 77.6 cm³/mol. The number of H-pyrrole nitrogens is 1. The van der Waals surface area contributed by atoms with Crippen LogP contribution in [0.3, 0.4) is 0 Å². The van der Waals surface area contributed by atoms with Crippen molar-refractivity contribution in [1.29, 1.82) is 0 Å². The van der Waals surface area contributed by atoms with E-state index in [4.69, 9.17) is 0 Å². The molecule has 0 aliphatic carbocycles. The average Bonchev–Trinajstić information content (AvgIpc) is 2.92. The molecule has 5 nitrogen and oxygen atoms in total. The van der Waals surface area contributed by atoms with Crippen molar-refractivity contribution in [2.24, 2.45) is 5.10 Å². The molecule has 1 aromatic carbocycles. The molecule has 2 aromatic heterocycles. The highest BCUT2D eigenvalue weighted by atomic mass is 16.2. The summed E-state index contributed by atoms with van der Waals surface area (Å²) in [5.74, 6) is -0.236. The molecule has 5 heteroatoms. The van der Waals surface area contributed by atoms with E-state index < -0.39 is 0 Å². The van der Waals surface area contributed by atoms with Crippen LogP contribution in [0.5, 0.6) is 0 Å². The normalized spacial score (nSPS) is 11.0. The number of pyridine rings is 1. The minimum Gasteiger partial charge on any atom is -0.345 e. The Balaban J connectivity index is 1.74. The largest absolute Gasteiger partial charge is 0.345 e. The van der Waals surface area contributed by atoms with Crippen LogP contribution in [0, 0.1) is 0 Å². The molecule has 1 amide bonds. The zero-order valence-corrected chi connectivity index (χ0v) is 10.6. The number of fused-ring (bicyclic) bond motifs is 1. The first-order chi connectivity index (χ1) is 9.84. The summed E-state index contributed by atoms with van der Waals surface area (Å²) in [5, 5.41) is 4.93. The van der Waals surface area contributed by atoms with Crippen LogP contribution < -0.4 is 5.43 Å². The molecule has 0 saturated carbocycles. The number of benzene rings is 1. The number of hydrogen-bond acceptors (Lipinski definition) is 3. The average molecular weight is 264 g/mol. The Kier molecular flexibility index (Phi) is 3.24. The summed E-state index contributed by atoms with van der Waals surface area (Å²) in [6, 6.07) is 12.8. The third-order valence-electron chi connectivity index (χ3n) is 2.89. The Bertz CT molecular complexity index is 762. The van der Waals surface area contributed by atoms with Crippen molar-refractivity contribution in [3.63, 3.8) is 0 Å². The molecule has 20 heavy (non-hydrogen) atoms. The summed E-state index contributed by atoms with van der Waals surface area (Å²) < 4.78 is 0. The van der Waals surface area contributed by atoms with Crippen LogP contribution in [-0.2, 0) is 0 Å². The summed E-state index contributed by atoms with van der Waals surface area (Å²) in [5.41, 5.74) is 4.74. The van der Waals surface area contributed by atoms with Crippen molar-refractivity contribution < 1.29 is 4.79 Å². The minimum absolute atomic E-state index is 0.236. The SMILES string of the molecule is O=C(N/N=C/c1c[nH]c2ncccc12)c1ccccc1. The van der Waals surface area contributed by atoms with Crippen molar-refractivity contribution in [3.05, 3.63) is 66.0 Å². The highest BCUT2D eigenvalue weighted by Gasteiger charge is 2.03. The van der Waals surface area contributed by atoms with E-state index in [1.165, 1.54) is 0 Å². The lowest BCUT2D eigenvalue weighted by Gasteiger charge is -1.98. The van der Waals surface area contributed by atoms with Gasteiger partial charge in [-0.3, -0.25) is 4.79 Å². The molecule has 98 valence electrons. The topological polar surface area (TPSA) is 70.1 Å². The van der Waals surface area contributed by atoms with Gasteiger partial charge in [0.25, 0.3) is 5.91 Å². The molecule has 3 aromatic rings. The van der Waals surface area contributed by atoms with E-state index >= 15 is 0 Å². The van der Waals surface area contributed by atoms with Gasteiger partial charge in [0.1, 0.15) is 5.65 Å². The van der Waals surface area contributed by atoms with Crippen molar-refractivity contribution in [2.45, 2.75) is 0 Å². The number of aromatic nitrogens is 2. The predicted octanol–water partition coefficient (Wildman–Crippen LogP) is 2.33. The number of amides is 1. The van der Waals surface area contributed by atoms with Gasteiger partial charge in [0.15, 0.2) is 0 Å². The van der Waals surface area contributed by atoms with Crippen LogP contribution in [0.4, 0.5) is 0 Å². The van der Waals surface area contributed by atoms with Gasteiger partial charge in [-0.25, -0.2) is 10.4 Å². The molecule has 3 rings (SSSR count). The van der Waals surface area contributed by atoms with Gasteiger partial charge in [0.2, 0.25) is 0 Å². The quantitative estimate of drug-likeness (QED) is 0.563. The molecule has 0 fully saturated rings. The summed E-state index contributed by atoms with van der Waals surface area (Å²) in [6.07, 6.45) is 5.12. The maximum atomic E-state index is 11.8. The standard InChI is InChI=1S/C15H12N4O/c20-15(11-5-2-1-3-6-11)19-18-10-12-9-17-14-13(12)7-4-8-16-14/h1-10H,(H,16,17)(H,19,20)/b18-10+. The Morgan fingerprint density at radius 2 is 2.05 bits per heavy atom. The van der Waals surface area contributed by atoms with Crippen molar-refractivity contribution in [3.8, 4) is 0 Å². The Hall–Kier alpha value is -2.95. The zero-order valence-electron chi connectivity index (χ0n) is 10.6. The number of aromatic amines is 1.